The first-order chi connectivity index (χ1) is 14.1. The van der Waals surface area contributed by atoms with E-state index in [1.807, 2.05) is 13.0 Å². The molecule has 4 aromatic rings. The standard InChI is InChI=1S/C25H24N2O2/c1-3-27(22-10-6-8-17-7-4-5-9-20(17)22)15-19-14-18-13-16(2)24-21(25(18)29-19)11-12-23(28)26-24/h4-13,19H,3,14-15H2,1-2H3,(H,26,28). The minimum absolute atomic E-state index is 0.0804. The summed E-state index contributed by atoms with van der Waals surface area (Å²) in [5.41, 5.74) is 4.35. The number of likely N-dealkylation sites (N-methyl/N-ethyl adjacent to an activating group) is 1. The number of hydrogen-bond donors (Lipinski definition) is 1. The predicted molar refractivity (Wildman–Crippen MR) is 119 cm³/mol. The van der Waals surface area contributed by atoms with Crippen LogP contribution in [-0.4, -0.2) is 24.2 Å². The van der Waals surface area contributed by atoms with Gasteiger partial charge in [-0.3, -0.25) is 4.79 Å². The highest BCUT2D eigenvalue weighted by atomic mass is 16.5. The molecule has 1 unspecified atom stereocenters. The summed E-state index contributed by atoms with van der Waals surface area (Å²) >= 11 is 0. The van der Waals surface area contributed by atoms with Crippen molar-refractivity contribution in [3.05, 3.63) is 82.1 Å². The van der Waals surface area contributed by atoms with E-state index in [0.717, 1.165) is 41.7 Å². The molecule has 4 nitrogen and oxygen atoms in total. The lowest BCUT2D eigenvalue weighted by Gasteiger charge is -2.27. The molecule has 1 atom stereocenters. The van der Waals surface area contributed by atoms with Crippen LogP contribution in [0, 0.1) is 6.92 Å². The second-order valence-electron chi connectivity index (χ2n) is 7.77. The van der Waals surface area contributed by atoms with Crippen molar-refractivity contribution in [3.63, 3.8) is 0 Å². The maximum absolute atomic E-state index is 11.7. The molecule has 2 heterocycles. The van der Waals surface area contributed by atoms with Crippen LogP contribution < -0.4 is 15.2 Å². The van der Waals surface area contributed by atoms with Gasteiger partial charge < -0.3 is 14.6 Å². The summed E-state index contributed by atoms with van der Waals surface area (Å²) in [5.74, 6) is 0.917. The summed E-state index contributed by atoms with van der Waals surface area (Å²) in [6, 6.07) is 20.6. The number of aryl methyl sites for hydroxylation is 1. The number of aromatic amines is 1. The summed E-state index contributed by atoms with van der Waals surface area (Å²) in [6.07, 6.45) is 0.966. The molecular weight excluding hydrogens is 360 g/mol. The molecule has 0 amide bonds. The van der Waals surface area contributed by atoms with E-state index in [9.17, 15) is 4.79 Å². The Labute approximate surface area is 169 Å². The smallest absolute Gasteiger partial charge is 0.248 e. The third-order valence-corrected chi connectivity index (χ3v) is 5.89. The van der Waals surface area contributed by atoms with Crippen molar-refractivity contribution in [2.75, 3.05) is 18.0 Å². The monoisotopic (exact) mass is 384 g/mol. The van der Waals surface area contributed by atoms with Crippen molar-refractivity contribution in [3.8, 4) is 5.75 Å². The van der Waals surface area contributed by atoms with Gasteiger partial charge in [-0.05, 0) is 42.5 Å². The second kappa shape index (κ2) is 6.96. The minimum Gasteiger partial charge on any atom is -0.487 e. The van der Waals surface area contributed by atoms with Crippen LogP contribution in [0.2, 0.25) is 0 Å². The molecular formula is C25H24N2O2. The highest BCUT2D eigenvalue weighted by molar-refractivity contribution is 5.94. The van der Waals surface area contributed by atoms with Gasteiger partial charge in [0.25, 0.3) is 0 Å². The van der Waals surface area contributed by atoms with E-state index in [2.05, 4.69) is 65.3 Å². The highest BCUT2D eigenvalue weighted by Crippen LogP contribution is 2.38. The molecule has 1 aliphatic heterocycles. The summed E-state index contributed by atoms with van der Waals surface area (Å²) < 4.78 is 6.42. The van der Waals surface area contributed by atoms with Crippen molar-refractivity contribution in [1.82, 2.24) is 4.98 Å². The number of anilines is 1. The van der Waals surface area contributed by atoms with Gasteiger partial charge in [0, 0.05) is 35.5 Å². The van der Waals surface area contributed by atoms with Crippen molar-refractivity contribution >= 4 is 27.4 Å². The maximum atomic E-state index is 11.7. The number of pyridine rings is 1. The van der Waals surface area contributed by atoms with Gasteiger partial charge in [0.15, 0.2) is 0 Å². The van der Waals surface area contributed by atoms with E-state index >= 15 is 0 Å². The van der Waals surface area contributed by atoms with Crippen LogP contribution >= 0.6 is 0 Å². The van der Waals surface area contributed by atoms with Crippen LogP contribution in [0.25, 0.3) is 21.7 Å². The van der Waals surface area contributed by atoms with E-state index < -0.39 is 0 Å². The van der Waals surface area contributed by atoms with E-state index in [1.165, 1.54) is 22.0 Å². The average Bonchev–Trinajstić information content (AvgIpc) is 3.14. The van der Waals surface area contributed by atoms with Crippen molar-refractivity contribution in [2.24, 2.45) is 0 Å². The third kappa shape index (κ3) is 3.05. The van der Waals surface area contributed by atoms with Crippen LogP contribution in [0.4, 0.5) is 5.69 Å². The quantitative estimate of drug-likeness (QED) is 0.549. The van der Waals surface area contributed by atoms with Crippen molar-refractivity contribution in [1.29, 1.82) is 0 Å². The number of nitrogens with zero attached hydrogens (tertiary/aromatic N) is 1. The zero-order valence-corrected chi connectivity index (χ0v) is 16.7. The Balaban J connectivity index is 1.47. The van der Waals surface area contributed by atoms with Gasteiger partial charge in [0.2, 0.25) is 5.56 Å². The number of fused-ring (bicyclic) bond motifs is 4. The summed E-state index contributed by atoms with van der Waals surface area (Å²) in [4.78, 5) is 17.1. The average molecular weight is 384 g/mol. The Kier molecular flexibility index (Phi) is 4.27. The Morgan fingerprint density at radius 2 is 1.90 bits per heavy atom. The number of ether oxygens (including phenoxy) is 1. The fourth-order valence-corrected chi connectivity index (χ4v) is 4.52. The van der Waals surface area contributed by atoms with Gasteiger partial charge in [-0.1, -0.05) is 42.5 Å². The number of hydrogen-bond acceptors (Lipinski definition) is 3. The number of aromatic nitrogens is 1. The Morgan fingerprint density at radius 1 is 1.07 bits per heavy atom. The van der Waals surface area contributed by atoms with Crippen LogP contribution in [0.3, 0.4) is 0 Å². The molecule has 0 bridgehead atoms. The zero-order chi connectivity index (χ0) is 20.0. The lowest BCUT2D eigenvalue weighted by Crippen LogP contribution is -2.34. The topological polar surface area (TPSA) is 45.3 Å². The molecule has 0 saturated heterocycles. The van der Waals surface area contributed by atoms with Crippen molar-refractivity contribution in [2.45, 2.75) is 26.4 Å². The largest absolute Gasteiger partial charge is 0.487 e. The molecule has 5 rings (SSSR count). The van der Waals surface area contributed by atoms with Gasteiger partial charge in [-0.15, -0.1) is 0 Å². The van der Waals surface area contributed by atoms with Crippen LogP contribution in [0.15, 0.2) is 65.5 Å². The summed E-state index contributed by atoms with van der Waals surface area (Å²) in [7, 11) is 0. The lowest BCUT2D eigenvalue weighted by molar-refractivity contribution is 0.240. The molecule has 0 spiro atoms. The molecule has 0 saturated carbocycles. The number of rotatable bonds is 4. The minimum atomic E-state index is -0.0804. The number of benzene rings is 3. The Bertz CT molecular complexity index is 1270. The predicted octanol–water partition coefficient (Wildman–Crippen LogP) is 4.82. The highest BCUT2D eigenvalue weighted by Gasteiger charge is 2.27. The van der Waals surface area contributed by atoms with Crippen LogP contribution in [0.5, 0.6) is 5.75 Å². The Hall–Kier alpha value is -3.27. The molecule has 4 heteroatoms. The first-order valence-corrected chi connectivity index (χ1v) is 10.2. The SMILES string of the molecule is CCN(CC1Cc2cc(C)c3[nH]c(=O)ccc3c2O1)c1cccc2ccccc12. The fourth-order valence-electron chi connectivity index (χ4n) is 4.52. The van der Waals surface area contributed by atoms with Gasteiger partial charge in [-0.25, -0.2) is 0 Å². The van der Waals surface area contributed by atoms with Crippen LogP contribution in [0.1, 0.15) is 18.1 Å². The summed E-state index contributed by atoms with van der Waals surface area (Å²) in [5, 5.41) is 3.52. The van der Waals surface area contributed by atoms with Gasteiger partial charge in [-0.2, -0.15) is 0 Å². The molecule has 0 fully saturated rings. The summed E-state index contributed by atoms with van der Waals surface area (Å²) in [6.45, 7) is 5.97. The third-order valence-electron chi connectivity index (χ3n) is 5.89. The molecule has 1 aliphatic rings. The molecule has 3 aromatic carbocycles. The number of H-pyrrole nitrogens is 1. The fraction of sp³-hybridized carbons (Fsp3) is 0.240. The molecule has 146 valence electrons. The first-order valence-electron chi connectivity index (χ1n) is 10.2. The van der Waals surface area contributed by atoms with Crippen molar-refractivity contribution < 1.29 is 4.74 Å². The van der Waals surface area contributed by atoms with Gasteiger partial charge in [0.05, 0.1) is 12.1 Å². The molecule has 0 aliphatic carbocycles. The molecule has 29 heavy (non-hydrogen) atoms. The number of nitrogens with one attached hydrogen (secondary N) is 1. The van der Waals surface area contributed by atoms with E-state index in [-0.39, 0.29) is 11.7 Å². The van der Waals surface area contributed by atoms with E-state index in [0.29, 0.717) is 0 Å². The first kappa shape index (κ1) is 17.8. The lowest BCUT2D eigenvalue weighted by atomic mass is 10.0. The second-order valence-corrected chi connectivity index (χ2v) is 7.77. The van der Waals surface area contributed by atoms with E-state index in [1.54, 1.807) is 6.07 Å². The molecule has 0 radical (unpaired) electrons. The van der Waals surface area contributed by atoms with Gasteiger partial charge in [0.1, 0.15) is 11.9 Å². The molecule has 1 N–H and O–H groups in total. The zero-order valence-electron chi connectivity index (χ0n) is 16.7. The Morgan fingerprint density at radius 3 is 2.76 bits per heavy atom. The molecule has 1 aromatic heterocycles. The van der Waals surface area contributed by atoms with Crippen LogP contribution in [-0.2, 0) is 6.42 Å². The normalized spacial score (nSPS) is 15.4. The maximum Gasteiger partial charge on any atom is 0.248 e. The van der Waals surface area contributed by atoms with E-state index in [4.69, 9.17) is 4.74 Å². The van der Waals surface area contributed by atoms with Gasteiger partial charge >= 0.3 is 0 Å².